The molecule has 3 aromatic rings. The summed E-state index contributed by atoms with van der Waals surface area (Å²) in [5.41, 5.74) is 0.807. The van der Waals surface area contributed by atoms with Crippen LogP contribution in [0.15, 0.2) is 41.2 Å². The van der Waals surface area contributed by atoms with Crippen molar-refractivity contribution < 1.29 is 4.79 Å². The van der Waals surface area contributed by atoms with Crippen molar-refractivity contribution in [1.82, 2.24) is 20.0 Å². The highest BCUT2D eigenvalue weighted by molar-refractivity contribution is 7.15. The Kier molecular flexibility index (Phi) is 5.22. The molecule has 2 aromatic heterocycles. The Hall–Kier alpha value is -2.87. The number of amides is 1. The summed E-state index contributed by atoms with van der Waals surface area (Å²) in [5.74, 6) is -0.143. The number of hydrogen-bond donors (Lipinski definition) is 1. The van der Waals surface area contributed by atoms with Gasteiger partial charge in [-0.15, -0.1) is 10.2 Å². The predicted octanol–water partition coefficient (Wildman–Crippen LogP) is 2.84. The lowest BCUT2D eigenvalue weighted by Crippen LogP contribution is -2.26. The molecule has 0 radical (unpaired) electrons. The van der Waals surface area contributed by atoms with Gasteiger partial charge < -0.3 is 0 Å². The first kappa shape index (κ1) is 17.9. The monoisotopic (exact) mass is 369 g/mol. The van der Waals surface area contributed by atoms with Gasteiger partial charge in [-0.05, 0) is 25.0 Å². The summed E-state index contributed by atoms with van der Waals surface area (Å²) in [6.45, 7) is 5.94. The maximum Gasteiger partial charge on any atom is 0.282 e. The van der Waals surface area contributed by atoms with E-state index in [2.05, 4.69) is 34.5 Å². The molecule has 1 aromatic carbocycles. The second-order valence-corrected chi connectivity index (χ2v) is 7.36. The minimum Gasteiger partial charge on any atom is -0.295 e. The molecular formula is C18H19N5O2S. The quantitative estimate of drug-likeness (QED) is 0.747. The maximum absolute atomic E-state index is 12.5. The molecular weight excluding hydrogens is 350 g/mol. The van der Waals surface area contributed by atoms with E-state index in [1.54, 1.807) is 11.6 Å². The number of carbonyl (C=O) groups is 1. The normalized spacial score (nSPS) is 10.9. The van der Waals surface area contributed by atoms with Crippen LogP contribution in [0.1, 0.15) is 35.0 Å². The third-order valence-corrected chi connectivity index (χ3v) is 4.45. The number of nitrogens with one attached hydrogen (secondary N) is 1. The summed E-state index contributed by atoms with van der Waals surface area (Å²) in [7, 11) is 0. The van der Waals surface area contributed by atoms with Crippen molar-refractivity contribution >= 4 is 22.4 Å². The Balaban J connectivity index is 1.87. The van der Waals surface area contributed by atoms with Gasteiger partial charge in [0.15, 0.2) is 5.69 Å². The van der Waals surface area contributed by atoms with Crippen LogP contribution < -0.4 is 10.7 Å². The van der Waals surface area contributed by atoms with Gasteiger partial charge in [-0.3, -0.25) is 14.9 Å². The lowest BCUT2D eigenvalue weighted by molar-refractivity contribution is 0.101. The Labute approximate surface area is 154 Å². The van der Waals surface area contributed by atoms with Crippen LogP contribution in [0.3, 0.4) is 0 Å². The van der Waals surface area contributed by atoms with Gasteiger partial charge in [0.25, 0.3) is 5.91 Å². The molecule has 0 bridgehead atoms. The number of benzene rings is 1. The van der Waals surface area contributed by atoms with Gasteiger partial charge in [-0.25, -0.2) is 4.68 Å². The molecule has 0 aliphatic rings. The fourth-order valence-corrected chi connectivity index (χ4v) is 3.37. The average molecular weight is 369 g/mol. The van der Waals surface area contributed by atoms with Gasteiger partial charge in [0, 0.05) is 18.2 Å². The molecule has 0 aliphatic heterocycles. The van der Waals surface area contributed by atoms with Gasteiger partial charge in [0.1, 0.15) is 5.01 Å². The van der Waals surface area contributed by atoms with E-state index in [9.17, 15) is 9.59 Å². The van der Waals surface area contributed by atoms with Crippen molar-refractivity contribution in [2.24, 2.45) is 5.92 Å². The van der Waals surface area contributed by atoms with E-state index in [0.717, 1.165) is 17.1 Å². The molecule has 8 heteroatoms. The van der Waals surface area contributed by atoms with E-state index in [1.165, 1.54) is 17.4 Å². The first-order valence-electron chi connectivity index (χ1n) is 8.24. The number of rotatable bonds is 5. The minimum atomic E-state index is -0.591. The van der Waals surface area contributed by atoms with Gasteiger partial charge in [0.05, 0.1) is 5.69 Å². The smallest absolute Gasteiger partial charge is 0.282 e. The highest BCUT2D eigenvalue weighted by Crippen LogP contribution is 2.18. The Morgan fingerprint density at radius 3 is 2.65 bits per heavy atom. The number of aryl methyl sites for hydroxylation is 1. The molecule has 1 amide bonds. The van der Waals surface area contributed by atoms with Crippen LogP contribution in [0.2, 0.25) is 0 Å². The highest BCUT2D eigenvalue weighted by atomic mass is 32.1. The number of anilines is 1. The van der Waals surface area contributed by atoms with E-state index < -0.39 is 11.3 Å². The molecule has 0 atom stereocenters. The van der Waals surface area contributed by atoms with Crippen LogP contribution in [0.4, 0.5) is 5.13 Å². The molecule has 0 spiro atoms. The van der Waals surface area contributed by atoms with E-state index in [0.29, 0.717) is 16.7 Å². The number of aromatic nitrogens is 4. The van der Waals surface area contributed by atoms with Crippen molar-refractivity contribution in [3.05, 3.63) is 63.0 Å². The summed E-state index contributed by atoms with van der Waals surface area (Å²) in [4.78, 5) is 24.7. The fourth-order valence-electron chi connectivity index (χ4n) is 2.43. The van der Waals surface area contributed by atoms with E-state index in [-0.39, 0.29) is 5.69 Å². The van der Waals surface area contributed by atoms with Crippen molar-refractivity contribution in [1.29, 1.82) is 0 Å². The second-order valence-electron chi connectivity index (χ2n) is 6.30. The molecule has 0 fully saturated rings. The SMILES string of the molecule is Cc1cc(=O)c(C(=O)Nc2nnc(CC(C)C)s2)nn1-c1ccccc1. The van der Waals surface area contributed by atoms with E-state index >= 15 is 0 Å². The van der Waals surface area contributed by atoms with Crippen molar-refractivity contribution in [3.8, 4) is 5.69 Å². The maximum atomic E-state index is 12.5. The zero-order valence-corrected chi connectivity index (χ0v) is 15.6. The molecule has 0 aliphatic carbocycles. The van der Waals surface area contributed by atoms with E-state index in [4.69, 9.17) is 0 Å². The minimum absolute atomic E-state index is 0.180. The standard InChI is InChI=1S/C18H19N5O2S/c1-11(2)9-15-20-21-18(26-15)19-17(25)16-14(24)10-12(3)23(22-16)13-7-5-4-6-8-13/h4-8,10-11H,9H2,1-3H3,(H,19,21,25). The van der Waals surface area contributed by atoms with Gasteiger partial charge in [-0.2, -0.15) is 5.10 Å². The molecule has 3 rings (SSSR count). The zero-order chi connectivity index (χ0) is 18.7. The summed E-state index contributed by atoms with van der Waals surface area (Å²) in [6, 6.07) is 10.7. The van der Waals surface area contributed by atoms with Crippen LogP contribution in [0, 0.1) is 12.8 Å². The fraction of sp³-hybridized carbons (Fsp3) is 0.278. The zero-order valence-electron chi connectivity index (χ0n) is 14.8. The number of para-hydroxylation sites is 1. The van der Waals surface area contributed by atoms with Crippen LogP contribution >= 0.6 is 11.3 Å². The molecule has 0 saturated heterocycles. The highest BCUT2D eigenvalue weighted by Gasteiger charge is 2.17. The van der Waals surface area contributed by atoms with Crippen LogP contribution in [0.25, 0.3) is 5.69 Å². The van der Waals surface area contributed by atoms with Crippen LogP contribution in [0.5, 0.6) is 0 Å². The molecule has 134 valence electrons. The molecule has 26 heavy (non-hydrogen) atoms. The lowest BCUT2D eigenvalue weighted by atomic mass is 10.1. The number of nitrogens with zero attached hydrogens (tertiary/aromatic N) is 4. The van der Waals surface area contributed by atoms with Crippen LogP contribution in [-0.2, 0) is 6.42 Å². The van der Waals surface area contributed by atoms with Gasteiger partial charge in [0.2, 0.25) is 10.6 Å². The third kappa shape index (κ3) is 4.02. The molecule has 0 saturated carbocycles. The molecule has 2 heterocycles. The van der Waals surface area contributed by atoms with Crippen molar-refractivity contribution in [3.63, 3.8) is 0 Å². The van der Waals surface area contributed by atoms with Gasteiger partial charge in [-0.1, -0.05) is 43.4 Å². The van der Waals surface area contributed by atoms with Crippen molar-refractivity contribution in [2.45, 2.75) is 27.2 Å². The number of hydrogen-bond acceptors (Lipinski definition) is 6. The predicted molar refractivity (Wildman–Crippen MR) is 101 cm³/mol. The molecule has 0 unspecified atom stereocenters. The first-order chi connectivity index (χ1) is 12.4. The largest absolute Gasteiger partial charge is 0.295 e. The first-order valence-corrected chi connectivity index (χ1v) is 9.06. The summed E-state index contributed by atoms with van der Waals surface area (Å²) < 4.78 is 1.57. The van der Waals surface area contributed by atoms with E-state index in [1.807, 2.05) is 30.3 Å². The summed E-state index contributed by atoms with van der Waals surface area (Å²) in [6.07, 6.45) is 0.789. The topological polar surface area (TPSA) is 89.8 Å². The average Bonchev–Trinajstić information content (AvgIpc) is 3.01. The Bertz CT molecular complexity index is 979. The van der Waals surface area contributed by atoms with Gasteiger partial charge >= 0.3 is 0 Å². The second kappa shape index (κ2) is 7.57. The summed E-state index contributed by atoms with van der Waals surface area (Å²) >= 11 is 1.30. The Morgan fingerprint density at radius 1 is 1.23 bits per heavy atom. The molecule has 1 N–H and O–H groups in total. The van der Waals surface area contributed by atoms with Crippen LogP contribution in [-0.4, -0.2) is 25.9 Å². The Morgan fingerprint density at radius 2 is 1.96 bits per heavy atom. The van der Waals surface area contributed by atoms with Crippen molar-refractivity contribution in [2.75, 3.05) is 5.32 Å². The molecule has 7 nitrogen and oxygen atoms in total. The summed E-state index contributed by atoms with van der Waals surface area (Å²) in [5, 5.41) is 16.1. The number of carbonyl (C=O) groups excluding carboxylic acids is 1. The third-order valence-electron chi connectivity index (χ3n) is 3.59. The lowest BCUT2D eigenvalue weighted by Gasteiger charge is -2.10.